The molecule has 1 aromatic carbocycles. The fourth-order valence-corrected chi connectivity index (χ4v) is 2.72. The summed E-state index contributed by atoms with van der Waals surface area (Å²) in [6, 6.07) is 8.57. The van der Waals surface area contributed by atoms with Gasteiger partial charge in [0.05, 0.1) is 5.69 Å². The average Bonchev–Trinajstić information content (AvgIpc) is 2.90. The van der Waals surface area contributed by atoms with Gasteiger partial charge in [-0.3, -0.25) is 4.40 Å². The minimum absolute atomic E-state index is 1.04. The van der Waals surface area contributed by atoms with Gasteiger partial charge in [-0.2, -0.15) is 0 Å². The fourth-order valence-electron chi connectivity index (χ4n) is 1.86. The van der Waals surface area contributed by atoms with Crippen LogP contribution in [0.25, 0.3) is 16.2 Å². The smallest absolute Gasteiger partial charge is 0.194 e. The highest BCUT2D eigenvalue weighted by molar-refractivity contribution is 7.15. The van der Waals surface area contributed by atoms with Gasteiger partial charge in [-0.1, -0.05) is 12.1 Å². The molecule has 0 spiro atoms. The Bertz CT molecular complexity index is 634. The number of hydrogen-bond donors (Lipinski definition) is 0. The van der Waals surface area contributed by atoms with Gasteiger partial charge in [-0.25, -0.2) is 4.98 Å². The summed E-state index contributed by atoms with van der Waals surface area (Å²) in [6.45, 7) is 0. The topological polar surface area (TPSA) is 20.5 Å². The van der Waals surface area contributed by atoms with Crippen LogP contribution >= 0.6 is 11.3 Å². The molecule has 4 heteroatoms. The Morgan fingerprint density at radius 2 is 1.94 bits per heavy atom. The second-order valence-corrected chi connectivity index (χ2v) is 4.98. The first-order valence-electron chi connectivity index (χ1n) is 5.44. The Labute approximate surface area is 104 Å². The maximum absolute atomic E-state index is 4.28. The first-order valence-corrected chi connectivity index (χ1v) is 6.32. The summed E-state index contributed by atoms with van der Waals surface area (Å²) in [6.07, 6.45) is 3.84. The molecule has 3 rings (SSSR count). The van der Waals surface area contributed by atoms with Gasteiger partial charge < -0.3 is 4.90 Å². The highest BCUT2D eigenvalue weighted by Crippen LogP contribution is 2.26. The van der Waals surface area contributed by atoms with Crippen LogP contribution in [0.5, 0.6) is 0 Å². The lowest BCUT2D eigenvalue weighted by Crippen LogP contribution is -2.07. The molecule has 0 saturated heterocycles. The number of anilines is 1. The lowest BCUT2D eigenvalue weighted by Gasteiger charge is -2.12. The summed E-state index contributed by atoms with van der Waals surface area (Å²) in [5.74, 6) is 0. The molecule has 2 heterocycles. The average molecular weight is 243 g/mol. The van der Waals surface area contributed by atoms with Crippen molar-refractivity contribution < 1.29 is 0 Å². The maximum atomic E-state index is 4.28. The monoisotopic (exact) mass is 243 g/mol. The van der Waals surface area contributed by atoms with Gasteiger partial charge in [0.15, 0.2) is 4.96 Å². The maximum Gasteiger partial charge on any atom is 0.194 e. The quantitative estimate of drug-likeness (QED) is 0.689. The molecule has 17 heavy (non-hydrogen) atoms. The van der Waals surface area contributed by atoms with Crippen molar-refractivity contribution in [1.82, 2.24) is 9.38 Å². The largest absolute Gasteiger partial charge is 0.378 e. The summed E-state index contributed by atoms with van der Waals surface area (Å²) in [5.41, 5.74) is 3.64. The van der Waals surface area contributed by atoms with Crippen LogP contribution in [-0.4, -0.2) is 23.5 Å². The Morgan fingerprint density at radius 3 is 2.65 bits per heavy atom. The van der Waals surface area contributed by atoms with E-state index in [0.29, 0.717) is 0 Å². The molecule has 0 fully saturated rings. The third-order valence-electron chi connectivity index (χ3n) is 2.82. The SMILES string of the molecule is CN(C)c1ccc(-c2csc3nccn23)cc1. The van der Waals surface area contributed by atoms with Crippen molar-refractivity contribution in [3.05, 3.63) is 42.0 Å². The van der Waals surface area contributed by atoms with Crippen LogP contribution in [0.1, 0.15) is 0 Å². The van der Waals surface area contributed by atoms with Gasteiger partial charge in [0.25, 0.3) is 0 Å². The van der Waals surface area contributed by atoms with E-state index >= 15 is 0 Å². The van der Waals surface area contributed by atoms with Crippen LogP contribution in [0.4, 0.5) is 5.69 Å². The third kappa shape index (κ3) is 1.70. The number of fused-ring (bicyclic) bond motifs is 1. The highest BCUT2D eigenvalue weighted by atomic mass is 32.1. The van der Waals surface area contributed by atoms with Gasteiger partial charge >= 0.3 is 0 Å². The zero-order chi connectivity index (χ0) is 11.8. The molecule has 3 nitrogen and oxygen atoms in total. The molecule has 3 aromatic rings. The highest BCUT2D eigenvalue weighted by Gasteiger charge is 2.06. The van der Waals surface area contributed by atoms with Crippen molar-refractivity contribution in [3.8, 4) is 11.3 Å². The van der Waals surface area contributed by atoms with Crippen molar-refractivity contribution in [2.24, 2.45) is 0 Å². The van der Waals surface area contributed by atoms with Crippen molar-refractivity contribution in [1.29, 1.82) is 0 Å². The Morgan fingerprint density at radius 1 is 1.18 bits per heavy atom. The number of benzene rings is 1. The Kier molecular flexibility index (Phi) is 2.37. The molecule has 0 aliphatic heterocycles. The van der Waals surface area contributed by atoms with Gasteiger partial charge in [0, 0.05) is 37.6 Å². The number of hydrogen-bond acceptors (Lipinski definition) is 3. The lowest BCUT2D eigenvalue weighted by atomic mass is 10.1. The lowest BCUT2D eigenvalue weighted by molar-refractivity contribution is 1.13. The first kappa shape index (κ1) is 10.4. The predicted molar refractivity (Wildman–Crippen MR) is 72.8 cm³/mol. The Hall–Kier alpha value is -1.81. The van der Waals surface area contributed by atoms with E-state index in [9.17, 15) is 0 Å². The van der Waals surface area contributed by atoms with E-state index in [2.05, 4.69) is 43.9 Å². The van der Waals surface area contributed by atoms with E-state index in [1.165, 1.54) is 16.9 Å². The van der Waals surface area contributed by atoms with E-state index < -0.39 is 0 Å². The second-order valence-electron chi connectivity index (χ2n) is 4.14. The zero-order valence-corrected chi connectivity index (χ0v) is 10.6. The summed E-state index contributed by atoms with van der Waals surface area (Å²) < 4.78 is 2.12. The summed E-state index contributed by atoms with van der Waals surface area (Å²) in [7, 11) is 4.10. The molecule has 86 valence electrons. The molecule has 0 atom stereocenters. The molecular formula is C13H13N3S. The third-order valence-corrected chi connectivity index (χ3v) is 3.68. The molecule has 0 aliphatic rings. The van der Waals surface area contributed by atoms with Crippen molar-refractivity contribution in [3.63, 3.8) is 0 Å². The normalized spacial score (nSPS) is 10.9. The van der Waals surface area contributed by atoms with E-state index in [1.54, 1.807) is 11.3 Å². The molecule has 2 aromatic heterocycles. The van der Waals surface area contributed by atoms with Crippen LogP contribution in [0.3, 0.4) is 0 Å². The summed E-state index contributed by atoms with van der Waals surface area (Å²) in [5, 5.41) is 2.15. The molecule has 0 N–H and O–H groups in total. The van der Waals surface area contributed by atoms with Crippen molar-refractivity contribution in [2.45, 2.75) is 0 Å². The number of imidazole rings is 1. The molecule has 0 radical (unpaired) electrons. The van der Waals surface area contributed by atoms with Crippen LogP contribution in [0.2, 0.25) is 0 Å². The molecule has 0 unspecified atom stereocenters. The number of rotatable bonds is 2. The standard InChI is InChI=1S/C13H13N3S/c1-15(2)11-5-3-10(4-6-11)12-9-17-13-14-7-8-16(12)13/h3-9H,1-2H3. The van der Waals surface area contributed by atoms with Crippen LogP contribution in [-0.2, 0) is 0 Å². The van der Waals surface area contributed by atoms with E-state index in [0.717, 1.165) is 4.96 Å². The van der Waals surface area contributed by atoms with Gasteiger partial charge in [-0.05, 0) is 17.7 Å². The van der Waals surface area contributed by atoms with E-state index in [-0.39, 0.29) is 0 Å². The van der Waals surface area contributed by atoms with E-state index in [1.807, 2.05) is 26.5 Å². The fraction of sp³-hybridized carbons (Fsp3) is 0.154. The molecule has 0 aliphatic carbocycles. The van der Waals surface area contributed by atoms with Gasteiger partial charge in [-0.15, -0.1) is 11.3 Å². The molecule has 0 saturated carbocycles. The predicted octanol–water partition coefficient (Wildman–Crippen LogP) is 3.13. The molecular weight excluding hydrogens is 230 g/mol. The van der Waals surface area contributed by atoms with Crippen LogP contribution < -0.4 is 4.90 Å². The minimum atomic E-state index is 1.04. The second kappa shape index (κ2) is 3.89. The van der Waals surface area contributed by atoms with Crippen molar-refractivity contribution in [2.75, 3.05) is 19.0 Å². The summed E-state index contributed by atoms with van der Waals surface area (Å²) in [4.78, 5) is 7.42. The van der Waals surface area contributed by atoms with Gasteiger partial charge in [0.2, 0.25) is 0 Å². The first-order chi connectivity index (χ1) is 8.25. The number of thiazole rings is 1. The number of nitrogens with zero attached hydrogens (tertiary/aromatic N) is 3. The van der Waals surface area contributed by atoms with Gasteiger partial charge in [0.1, 0.15) is 0 Å². The molecule has 0 bridgehead atoms. The Balaban J connectivity index is 2.07. The van der Waals surface area contributed by atoms with E-state index in [4.69, 9.17) is 0 Å². The van der Waals surface area contributed by atoms with Crippen LogP contribution in [0.15, 0.2) is 42.0 Å². The minimum Gasteiger partial charge on any atom is -0.378 e. The zero-order valence-electron chi connectivity index (χ0n) is 9.79. The van der Waals surface area contributed by atoms with Crippen LogP contribution in [0, 0.1) is 0 Å². The number of aromatic nitrogens is 2. The summed E-state index contributed by atoms with van der Waals surface area (Å²) >= 11 is 1.67. The van der Waals surface area contributed by atoms with Crippen molar-refractivity contribution >= 4 is 22.0 Å². The molecule has 0 amide bonds.